The highest BCUT2D eigenvalue weighted by molar-refractivity contribution is 5.38. The van der Waals surface area contributed by atoms with Crippen LogP contribution in [0.2, 0.25) is 0 Å². The van der Waals surface area contributed by atoms with E-state index in [1.54, 1.807) is 0 Å². The first-order valence-corrected chi connectivity index (χ1v) is 7.74. The highest BCUT2D eigenvalue weighted by atomic mass is 15.2. The van der Waals surface area contributed by atoms with Gasteiger partial charge in [-0.2, -0.15) is 5.10 Å². The Hall–Kier alpha value is -1.46. The van der Waals surface area contributed by atoms with E-state index < -0.39 is 0 Å². The van der Waals surface area contributed by atoms with Gasteiger partial charge in [0.2, 0.25) is 0 Å². The van der Waals surface area contributed by atoms with Crippen molar-refractivity contribution in [3.63, 3.8) is 0 Å². The summed E-state index contributed by atoms with van der Waals surface area (Å²) in [7, 11) is 2.21. The van der Waals surface area contributed by atoms with Crippen LogP contribution < -0.4 is 5.32 Å². The second-order valence-electron chi connectivity index (χ2n) is 6.77. The van der Waals surface area contributed by atoms with Crippen molar-refractivity contribution in [1.82, 2.24) is 24.8 Å². The molecule has 0 amide bonds. The summed E-state index contributed by atoms with van der Waals surface area (Å²) in [5, 5.41) is 8.01. The molecule has 1 N–H and O–H groups in total. The molecule has 2 aromatic rings. The van der Waals surface area contributed by atoms with E-state index in [1.807, 2.05) is 23.7 Å². The zero-order valence-corrected chi connectivity index (χ0v) is 13.3. The van der Waals surface area contributed by atoms with Gasteiger partial charge < -0.3 is 10.2 Å². The Balaban J connectivity index is 1.56. The largest absolute Gasteiger partial charge is 0.312 e. The molecule has 1 aliphatic rings. The highest BCUT2D eigenvalue weighted by Gasteiger charge is 2.28. The molecule has 0 unspecified atom stereocenters. The third-order valence-corrected chi connectivity index (χ3v) is 4.56. The van der Waals surface area contributed by atoms with Crippen LogP contribution in [0.4, 0.5) is 0 Å². The lowest BCUT2D eigenvalue weighted by atomic mass is 9.80. The number of aromatic nitrogens is 3. The van der Waals surface area contributed by atoms with Crippen LogP contribution in [0.1, 0.15) is 31.0 Å². The van der Waals surface area contributed by atoms with Gasteiger partial charge in [0.1, 0.15) is 0 Å². The van der Waals surface area contributed by atoms with Crippen molar-refractivity contribution in [2.75, 3.05) is 26.7 Å². The average Bonchev–Trinajstić information content (AvgIpc) is 2.82. The Morgan fingerprint density at radius 1 is 1.33 bits per heavy atom. The molecule has 5 heteroatoms. The average molecular weight is 287 g/mol. The zero-order chi connectivity index (χ0) is 14.9. The molecule has 114 valence electrons. The van der Waals surface area contributed by atoms with Crippen molar-refractivity contribution in [3.8, 4) is 0 Å². The molecule has 0 spiro atoms. The van der Waals surface area contributed by atoms with Gasteiger partial charge in [-0.05, 0) is 45.3 Å². The van der Waals surface area contributed by atoms with E-state index in [-0.39, 0.29) is 0 Å². The number of nitrogens with zero attached hydrogens (tertiary/aromatic N) is 4. The van der Waals surface area contributed by atoms with E-state index >= 15 is 0 Å². The topological polar surface area (TPSA) is 45.5 Å². The molecule has 5 nitrogen and oxygen atoms in total. The number of piperidine rings is 1. The standard InChI is InChI=1S/C16H25N5/c1-13-8-15-18-10-14(11-21(15)19-13)9-17-12-16(2)4-6-20(3)7-5-16/h8,10-11,17H,4-7,9,12H2,1-3H3. The molecule has 0 atom stereocenters. The first kappa shape index (κ1) is 14.5. The Bertz CT molecular complexity index is 610. The summed E-state index contributed by atoms with van der Waals surface area (Å²) in [4.78, 5) is 6.86. The summed E-state index contributed by atoms with van der Waals surface area (Å²) in [5.74, 6) is 0. The summed E-state index contributed by atoms with van der Waals surface area (Å²) in [6.45, 7) is 8.72. The molecule has 0 bridgehead atoms. The maximum absolute atomic E-state index is 4.45. The van der Waals surface area contributed by atoms with Gasteiger partial charge in [-0.1, -0.05) is 6.92 Å². The van der Waals surface area contributed by atoms with Crippen molar-refractivity contribution in [2.45, 2.75) is 33.2 Å². The van der Waals surface area contributed by atoms with Gasteiger partial charge in [0.05, 0.1) is 5.69 Å². The van der Waals surface area contributed by atoms with Crippen molar-refractivity contribution < 1.29 is 0 Å². The second kappa shape index (κ2) is 5.73. The van der Waals surface area contributed by atoms with Crippen LogP contribution in [0.25, 0.3) is 5.65 Å². The third-order valence-electron chi connectivity index (χ3n) is 4.56. The lowest BCUT2D eigenvalue weighted by Crippen LogP contribution is -2.41. The van der Waals surface area contributed by atoms with Crippen molar-refractivity contribution in [2.24, 2.45) is 5.41 Å². The highest BCUT2D eigenvalue weighted by Crippen LogP contribution is 2.29. The van der Waals surface area contributed by atoms with Gasteiger partial charge in [0, 0.05) is 37.1 Å². The number of rotatable bonds is 4. The summed E-state index contributed by atoms with van der Waals surface area (Å²) >= 11 is 0. The molecule has 0 aliphatic carbocycles. The van der Waals surface area contributed by atoms with Crippen LogP contribution in [0.5, 0.6) is 0 Å². The molecule has 0 aromatic carbocycles. The number of likely N-dealkylation sites (tertiary alicyclic amines) is 1. The molecular formula is C16H25N5. The van der Waals surface area contributed by atoms with Gasteiger partial charge in [0.15, 0.2) is 5.65 Å². The maximum Gasteiger partial charge on any atom is 0.155 e. The van der Waals surface area contributed by atoms with Gasteiger partial charge in [-0.25, -0.2) is 9.50 Å². The maximum atomic E-state index is 4.45. The second-order valence-corrected chi connectivity index (χ2v) is 6.77. The Labute approximate surface area is 126 Å². The molecule has 1 saturated heterocycles. The molecule has 3 heterocycles. The number of fused-ring (bicyclic) bond motifs is 1. The monoisotopic (exact) mass is 287 g/mol. The summed E-state index contributed by atoms with van der Waals surface area (Å²) in [6, 6.07) is 2.00. The first-order valence-electron chi connectivity index (χ1n) is 7.74. The van der Waals surface area contributed by atoms with Crippen molar-refractivity contribution in [3.05, 3.63) is 29.7 Å². The van der Waals surface area contributed by atoms with Gasteiger partial charge >= 0.3 is 0 Å². The lowest BCUT2D eigenvalue weighted by Gasteiger charge is -2.38. The summed E-state index contributed by atoms with van der Waals surface area (Å²) in [6.07, 6.45) is 6.55. The van der Waals surface area contributed by atoms with Crippen LogP contribution >= 0.6 is 0 Å². The molecule has 21 heavy (non-hydrogen) atoms. The first-order chi connectivity index (χ1) is 10.0. The normalized spacial score (nSPS) is 19.2. The summed E-state index contributed by atoms with van der Waals surface area (Å²) < 4.78 is 1.86. The molecule has 3 rings (SSSR count). The fourth-order valence-corrected chi connectivity index (χ4v) is 2.97. The third kappa shape index (κ3) is 3.41. The zero-order valence-electron chi connectivity index (χ0n) is 13.3. The van der Waals surface area contributed by atoms with E-state index in [4.69, 9.17) is 0 Å². The van der Waals surface area contributed by atoms with Crippen LogP contribution in [-0.4, -0.2) is 46.2 Å². The lowest BCUT2D eigenvalue weighted by molar-refractivity contribution is 0.137. The Morgan fingerprint density at radius 2 is 2.10 bits per heavy atom. The molecule has 0 saturated carbocycles. The predicted molar refractivity (Wildman–Crippen MR) is 84.3 cm³/mol. The van der Waals surface area contributed by atoms with Gasteiger partial charge in [-0.3, -0.25) is 0 Å². The fourth-order valence-electron chi connectivity index (χ4n) is 2.97. The minimum Gasteiger partial charge on any atom is -0.312 e. The van der Waals surface area contributed by atoms with E-state index in [1.165, 1.54) is 31.5 Å². The van der Waals surface area contributed by atoms with E-state index in [0.717, 1.165) is 24.4 Å². The summed E-state index contributed by atoms with van der Waals surface area (Å²) in [5.41, 5.74) is 3.53. The Morgan fingerprint density at radius 3 is 2.86 bits per heavy atom. The smallest absolute Gasteiger partial charge is 0.155 e. The Kier molecular flexibility index (Phi) is 3.95. The SMILES string of the molecule is Cc1cc2ncc(CNCC3(C)CCN(C)CC3)cn2n1. The fraction of sp³-hybridized carbons (Fsp3) is 0.625. The van der Waals surface area contributed by atoms with Crippen LogP contribution in [-0.2, 0) is 6.54 Å². The van der Waals surface area contributed by atoms with E-state index in [9.17, 15) is 0 Å². The van der Waals surface area contributed by atoms with Gasteiger partial charge in [0.25, 0.3) is 0 Å². The minimum absolute atomic E-state index is 0.423. The van der Waals surface area contributed by atoms with Crippen LogP contribution in [0.15, 0.2) is 18.5 Å². The molecule has 2 aromatic heterocycles. The molecule has 1 aliphatic heterocycles. The number of aryl methyl sites for hydroxylation is 1. The van der Waals surface area contributed by atoms with Crippen molar-refractivity contribution >= 4 is 5.65 Å². The van der Waals surface area contributed by atoms with Gasteiger partial charge in [-0.15, -0.1) is 0 Å². The number of nitrogens with one attached hydrogen (secondary N) is 1. The number of hydrogen-bond acceptors (Lipinski definition) is 4. The number of hydrogen-bond donors (Lipinski definition) is 1. The quantitative estimate of drug-likeness (QED) is 0.932. The minimum atomic E-state index is 0.423. The predicted octanol–water partition coefficient (Wildman–Crippen LogP) is 1.86. The van der Waals surface area contributed by atoms with Crippen LogP contribution in [0.3, 0.4) is 0 Å². The molecular weight excluding hydrogens is 262 g/mol. The van der Waals surface area contributed by atoms with Crippen LogP contribution in [0, 0.1) is 12.3 Å². The van der Waals surface area contributed by atoms with E-state index in [0.29, 0.717) is 5.41 Å². The van der Waals surface area contributed by atoms with Crippen molar-refractivity contribution in [1.29, 1.82) is 0 Å². The van der Waals surface area contributed by atoms with E-state index in [2.05, 4.69) is 40.5 Å². The molecule has 1 fully saturated rings. The molecule has 0 radical (unpaired) electrons.